The van der Waals surface area contributed by atoms with Gasteiger partial charge in [0, 0.05) is 17.4 Å². The lowest BCUT2D eigenvalue weighted by atomic mass is 10.3. The Morgan fingerprint density at radius 1 is 1.00 bits per heavy atom. The highest BCUT2D eigenvalue weighted by molar-refractivity contribution is 6.03. The second kappa shape index (κ2) is 7.09. The molecular weight excluding hydrogens is 318 g/mol. The van der Waals surface area contributed by atoms with Gasteiger partial charge in [-0.1, -0.05) is 6.07 Å². The Balaban J connectivity index is 1.82. The van der Waals surface area contributed by atoms with E-state index in [0.717, 1.165) is 22.9 Å². The highest BCUT2D eigenvalue weighted by Crippen LogP contribution is 2.19. The molecule has 0 aliphatic carbocycles. The molecule has 1 amide bonds. The Bertz CT molecular complexity index is 885. The second-order valence-electron chi connectivity index (χ2n) is 5.47. The lowest BCUT2D eigenvalue weighted by Crippen LogP contribution is -2.13. The molecule has 0 bridgehead atoms. The average molecular weight is 337 g/mol. The Kier molecular flexibility index (Phi) is 4.70. The van der Waals surface area contributed by atoms with Gasteiger partial charge in [-0.2, -0.15) is 5.10 Å². The molecule has 6 nitrogen and oxygen atoms in total. The minimum atomic E-state index is -0.269. The number of ether oxygens (including phenoxy) is 2. The van der Waals surface area contributed by atoms with Gasteiger partial charge in [-0.3, -0.25) is 4.79 Å². The Hall–Kier alpha value is -3.28. The summed E-state index contributed by atoms with van der Waals surface area (Å²) in [6.45, 7) is 1.90. The number of hydrogen-bond donors (Lipinski definition) is 1. The molecule has 0 aliphatic heterocycles. The van der Waals surface area contributed by atoms with Gasteiger partial charge in [0.25, 0.3) is 5.91 Å². The van der Waals surface area contributed by atoms with Crippen molar-refractivity contribution in [3.05, 3.63) is 66.0 Å². The van der Waals surface area contributed by atoms with Crippen molar-refractivity contribution in [2.24, 2.45) is 0 Å². The maximum Gasteiger partial charge on any atom is 0.276 e. The second-order valence-corrected chi connectivity index (χ2v) is 5.47. The number of aromatic nitrogens is 2. The molecule has 0 fully saturated rings. The molecule has 1 N–H and O–H groups in total. The zero-order valence-corrected chi connectivity index (χ0v) is 14.3. The molecule has 0 unspecified atom stereocenters. The minimum Gasteiger partial charge on any atom is -0.497 e. The first-order valence-corrected chi connectivity index (χ1v) is 7.77. The number of carbonyl (C=O) groups excluding carboxylic acids is 1. The van der Waals surface area contributed by atoms with Crippen LogP contribution in [0.1, 0.15) is 16.2 Å². The molecule has 25 heavy (non-hydrogen) atoms. The maximum atomic E-state index is 12.4. The van der Waals surface area contributed by atoms with Gasteiger partial charge >= 0.3 is 0 Å². The summed E-state index contributed by atoms with van der Waals surface area (Å²) in [5.74, 6) is 1.20. The van der Waals surface area contributed by atoms with E-state index >= 15 is 0 Å². The average Bonchev–Trinajstić information content (AvgIpc) is 3.04. The lowest BCUT2D eigenvalue weighted by Gasteiger charge is -2.06. The molecule has 0 radical (unpaired) electrons. The third-order valence-electron chi connectivity index (χ3n) is 3.77. The molecule has 6 heteroatoms. The Morgan fingerprint density at radius 2 is 1.72 bits per heavy atom. The number of hydrogen-bond acceptors (Lipinski definition) is 4. The van der Waals surface area contributed by atoms with Crippen molar-refractivity contribution in [1.82, 2.24) is 9.78 Å². The molecule has 128 valence electrons. The number of carbonyl (C=O) groups is 1. The van der Waals surface area contributed by atoms with Crippen LogP contribution >= 0.6 is 0 Å². The largest absolute Gasteiger partial charge is 0.497 e. The van der Waals surface area contributed by atoms with E-state index in [2.05, 4.69) is 10.4 Å². The van der Waals surface area contributed by atoms with Gasteiger partial charge in [0.2, 0.25) is 0 Å². The van der Waals surface area contributed by atoms with Crippen molar-refractivity contribution < 1.29 is 14.3 Å². The summed E-state index contributed by atoms with van der Waals surface area (Å²) >= 11 is 0. The summed E-state index contributed by atoms with van der Waals surface area (Å²) in [6, 6.07) is 16.4. The molecule has 1 heterocycles. The first-order valence-electron chi connectivity index (χ1n) is 7.77. The van der Waals surface area contributed by atoms with Crippen molar-refractivity contribution in [1.29, 1.82) is 0 Å². The highest BCUT2D eigenvalue weighted by atomic mass is 16.5. The van der Waals surface area contributed by atoms with Gasteiger partial charge < -0.3 is 14.8 Å². The van der Waals surface area contributed by atoms with Crippen LogP contribution in [-0.4, -0.2) is 29.9 Å². The van der Waals surface area contributed by atoms with Gasteiger partial charge in [0.15, 0.2) is 5.69 Å². The molecule has 2 aromatic carbocycles. The fourth-order valence-corrected chi connectivity index (χ4v) is 2.46. The standard InChI is InChI=1S/C19H19N3O3/c1-13-11-18(19(23)20-14-7-9-16(24-2)10-8-14)21-22(13)15-5-4-6-17(12-15)25-3/h4-12H,1-3H3,(H,20,23). The fraction of sp³-hybridized carbons (Fsp3) is 0.158. The SMILES string of the molecule is COc1ccc(NC(=O)c2cc(C)n(-c3cccc(OC)c3)n2)cc1. The smallest absolute Gasteiger partial charge is 0.276 e. The number of amides is 1. The molecule has 3 aromatic rings. The lowest BCUT2D eigenvalue weighted by molar-refractivity contribution is 0.102. The van der Waals surface area contributed by atoms with E-state index < -0.39 is 0 Å². The highest BCUT2D eigenvalue weighted by Gasteiger charge is 2.14. The molecule has 0 saturated heterocycles. The summed E-state index contributed by atoms with van der Waals surface area (Å²) < 4.78 is 12.1. The number of methoxy groups -OCH3 is 2. The van der Waals surface area contributed by atoms with Crippen molar-refractivity contribution in [2.75, 3.05) is 19.5 Å². The molecule has 0 atom stereocenters. The van der Waals surface area contributed by atoms with Crippen molar-refractivity contribution in [3.8, 4) is 17.2 Å². The van der Waals surface area contributed by atoms with E-state index in [1.54, 1.807) is 49.2 Å². The van der Waals surface area contributed by atoms with Crippen molar-refractivity contribution >= 4 is 11.6 Å². The van der Waals surface area contributed by atoms with E-state index in [-0.39, 0.29) is 5.91 Å². The van der Waals surface area contributed by atoms with Crippen LogP contribution in [0.15, 0.2) is 54.6 Å². The third kappa shape index (κ3) is 3.63. The van der Waals surface area contributed by atoms with Gasteiger partial charge in [-0.25, -0.2) is 4.68 Å². The van der Waals surface area contributed by atoms with Crippen LogP contribution in [0.5, 0.6) is 11.5 Å². The van der Waals surface area contributed by atoms with E-state index in [9.17, 15) is 4.79 Å². The predicted octanol–water partition coefficient (Wildman–Crippen LogP) is 3.45. The van der Waals surface area contributed by atoms with Crippen molar-refractivity contribution in [2.45, 2.75) is 6.92 Å². The summed E-state index contributed by atoms with van der Waals surface area (Å²) in [6.07, 6.45) is 0. The number of rotatable bonds is 5. The maximum absolute atomic E-state index is 12.4. The Morgan fingerprint density at radius 3 is 2.40 bits per heavy atom. The van der Waals surface area contributed by atoms with Crippen LogP contribution in [0, 0.1) is 6.92 Å². The van der Waals surface area contributed by atoms with Crippen LogP contribution in [0.3, 0.4) is 0 Å². The topological polar surface area (TPSA) is 65.4 Å². The van der Waals surface area contributed by atoms with Crippen LogP contribution in [0.25, 0.3) is 5.69 Å². The quantitative estimate of drug-likeness (QED) is 0.774. The molecule has 0 spiro atoms. The number of nitrogens with one attached hydrogen (secondary N) is 1. The summed E-state index contributed by atoms with van der Waals surface area (Å²) in [4.78, 5) is 12.4. The Labute approximate surface area is 146 Å². The van der Waals surface area contributed by atoms with Gasteiger partial charge in [-0.05, 0) is 49.4 Å². The van der Waals surface area contributed by atoms with E-state index in [1.807, 2.05) is 31.2 Å². The molecular formula is C19H19N3O3. The van der Waals surface area contributed by atoms with Crippen LogP contribution in [-0.2, 0) is 0 Å². The zero-order chi connectivity index (χ0) is 17.8. The number of nitrogens with zero attached hydrogens (tertiary/aromatic N) is 2. The van der Waals surface area contributed by atoms with E-state index in [1.165, 1.54) is 0 Å². The van der Waals surface area contributed by atoms with Crippen LogP contribution in [0.4, 0.5) is 5.69 Å². The monoisotopic (exact) mass is 337 g/mol. The summed E-state index contributed by atoms with van der Waals surface area (Å²) in [7, 11) is 3.21. The molecule has 3 rings (SSSR count). The van der Waals surface area contributed by atoms with Gasteiger partial charge in [-0.15, -0.1) is 0 Å². The van der Waals surface area contributed by atoms with Crippen LogP contribution in [0.2, 0.25) is 0 Å². The van der Waals surface area contributed by atoms with Crippen molar-refractivity contribution in [3.63, 3.8) is 0 Å². The normalized spacial score (nSPS) is 10.4. The van der Waals surface area contributed by atoms with Gasteiger partial charge in [0.1, 0.15) is 11.5 Å². The number of anilines is 1. The third-order valence-corrected chi connectivity index (χ3v) is 3.77. The molecule has 1 aromatic heterocycles. The van der Waals surface area contributed by atoms with Gasteiger partial charge in [0.05, 0.1) is 19.9 Å². The molecule has 0 saturated carbocycles. The summed E-state index contributed by atoms with van der Waals surface area (Å²) in [5.41, 5.74) is 2.71. The summed E-state index contributed by atoms with van der Waals surface area (Å²) in [5, 5.41) is 7.24. The first-order chi connectivity index (χ1) is 12.1. The molecule has 0 aliphatic rings. The number of aryl methyl sites for hydroxylation is 1. The van der Waals surface area contributed by atoms with Crippen LogP contribution < -0.4 is 14.8 Å². The first kappa shape index (κ1) is 16.6. The zero-order valence-electron chi connectivity index (χ0n) is 14.3. The predicted molar refractivity (Wildman–Crippen MR) is 95.8 cm³/mol. The van der Waals surface area contributed by atoms with E-state index in [4.69, 9.17) is 9.47 Å². The number of benzene rings is 2. The fourth-order valence-electron chi connectivity index (χ4n) is 2.46. The minimum absolute atomic E-state index is 0.269. The van der Waals surface area contributed by atoms with E-state index in [0.29, 0.717) is 11.4 Å².